The normalized spacial score (nSPS) is 18.6. The Morgan fingerprint density at radius 1 is 1.15 bits per heavy atom. The van der Waals surface area contributed by atoms with Gasteiger partial charge in [-0.1, -0.05) is 48.5 Å². The molecule has 0 bridgehead atoms. The highest BCUT2D eigenvalue weighted by atomic mass is 16.2. The molecule has 0 saturated heterocycles. The Morgan fingerprint density at radius 2 is 1.95 bits per heavy atom. The number of hydrogen-bond acceptors (Lipinski definition) is 2. The maximum absolute atomic E-state index is 11.6. The van der Waals surface area contributed by atoms with E-state index in [1.54, 1.807) is 0 Å². The minimum absolute atomic E-state index is 0.0127. The smallest absolute Gasteiger partial charge is 0.237 e. The number of hydrogen-bond donors (Lipinski definition) is 2. The molecule has 102 valence electrons. The van der Waals surface area contributed by atoms with E-state index < -0.39 is 0 Å². The van der Waals surface area contributed by atoms with Crippen molar-refractivity contribution in [3.8, 4) is 0 Å². The summed E-state index contributed by atoms with van der Waals surface area (Å²) in [6.45, 7) is 0. The van der Waals surface area contributed by atoms with Gasteiger partial charge in [-0.05, 0) is 41.2 Å². The van der Waals surface area contributed by atoms with E-state index in [1.807, 2.05) is 0 Å². The van der Waals surface area contributed by atoms with Gasteiger partial charge in [-0.15, -0.1) is 0 Å². The Kier molecular flexibility index (Phi) is 3.52. The summed E-state index contributed by atoms with van der Waals surface area (Å²) in [6.07, 6.45) is 4.73. The molecule has 0 fully saturated rings. The van der Waals surface area contributed by atoms with Crippen LogP contribution in [0.2, 0.25) is 0 Å². The quantitative estimate of drug-likeness (QED) is 0.499. The fraction of sp³-hybridized carbons (Fsp3) is 0.235. The number of rotatable bonds is 2. The van der Waals surface area contributed by atoms with Crippen molar-refractivity contribution >= 4 is 22.3 Å². The van der Waals surface area contributed by atoms with Crippen molar-refractivity contribution in [1.82, 2.24) is 5.43 Å². The summed E-state index contributed by atoms with van der Waals surface area (Å²) < 4.78 is 0. The summed E-state index contributed by atoms with van der Waals surface area (Å²) in [4.78, 5) is 11.6. The number of hydrazine groups is 1. The molecule has 3 rings (SSSR count). The van der Waals surface area contributed by atoms with E-state index in [1.165, 1.54) is 21.9 Å². The van der Waals surface area contributed by atoms with Crippen LogP contribution in [0.5, 0.6) is 0 Å². The van der Waals surface area contributed by atoms with Crippen molar-refractivity contribution in [3.05, 3.63) is 54.1 Å². The SMILES string of the molecule is NNC(=O)C1CC=C(c2cccc3ccccc23)CC1. The van der Waals surface area contributed by atoms with Gasteiger partial charge in [-0.25, -0.2) is 5.84 Å². The standard InChI is InChI=1S/C17H18N2O/c18-19-17(20)14-10-8-13(9-11-14)16-7-3-5-12-4-1-2-6-15(12)16/h1-8,14H,9-11,18H2,(H,19,20). The molecular weight excluding hydrogens is 248 g/mol. The molecule has 0 saturated carbocycles. The number of allylic oxidation sites excluding steroid dienone is 2. The van der Waals surface area contributed by atoms with Crippen molar-refractivity contribution in [3.63, 3.8) is 0 Å². The highest BCUT2D eigenvalue weighted by Crippen LogP contribution is 2.33. The lowest BCUT2D eigenvalue weighted by Crippen LogP contribution is -2.36. The molecule has 0 radical (unpaired) electrons. The molecule has 1 aliphatic carbocycles. The number of amides is 1. The van der Waals surface area contributed by atoms with Crippen LogP contribution in [0.4, 0.5) is 0 Å². The topological polar surface area (TPSA) is 55.1 Å². The molecule has 3 nitrogen and oxygen atoms in total. The van der Waals surface area contributed by atoms with Crippen LogP contribution in [0.1, 0.15) is 24.8 Å². The van der Waals surface area contributed by atoms with E-state index >= 15 is 0 Å². The van der Waals surface area contributed by atoms with Gasteiger partial charge >= 0.3 is 0 Å². The molecule has 2 aromatic rings. The first-order chi connectivity index (χ1) is 9.79. The summed E-state index contributed by atoms with van der Waals surface area (Å²) in [6, 6.07) is 14.8. The maximum atomic E-state index is 11.6. The molecular formula is C17H18N2O. The third-order valence-electron chi connectivity index (χ3n) is 4.06. The van der Waals surface area contributed by atoms with Crippen molar-refractivity contribution in [2.45, 2.75) is 19.3 Å². The van der Waals surface area contributed by atoms with Crippen LogP contribution in [-0.2, 0) is 4.79 Å². The fourth-order valence-corrected chi connectivity index (χ4v) is 2.94. The second-order valence-electron chi connectivity index (χ2n) is 5.24. The molecule has 0 spiro atoms. The Bertz CT molecular complexity index is 670. The van der Waals surface area contributed by atoms with Crippen LogP contribution in [0.15, 0.2) is 48.5 Å². The van der Waals surface area contributed by atoms with Crippen LogP contribution < -0.4 is 11.3 Å². The van der Waals surface area contributed by atoms with Gasteiger partial charge in [0.1, 0.15) is 0 Å². The van der Waals surface area contributed by atoms with E-state index in [-0.39, 0.29) is 11.8 Å². The molecule has 1 amide bonds. The fourth-order valence-electron chi connectivity index (χ4n) is 2.94. The lowest BCUT2D eigenvalue weighted by molar-refractivity contribution is -0.125. The molecule has 3 heteroatoms. The molecule has 0 aliphatic heterocycles. The molecule has 1 atom stereocenters. The minimum atomic E-state index is -0.0572. The van der Waals surface area contributed by atoms with Gasteiger partial charge in [0.15, 0.2) is 0 Å². The summed E-state index contributed by atoms with van der Waals surface area (Å²) in [5.41, 5.74) is 4.87. The van der Waals surface area contributed by atoms with Crippen LogP contribution in [-0.4, -0.2) is 5.91 Å². The zero-order valence-corrected chi connectivity index (χ0v) is 11.3. The number of fused-ring (bicyclic) bond motifs is 1. The summed E-state index contributed by atoms with van der Waals surface area (Å²) in [7, 11) is 0. The van der Waals surface area contributed by atoms with Gasteiger partial charge in [-0.2, -0.15) is 0 Å². The first-order valence-electron chi connectivity index (χ1n) is 6.97. The Morgan fingerprint density at radius 3 is 2.70 bits per heavy atom. The van der Waals surface area contributed by atoms with E-state index in [4.69, 9.17) is 5.84 Å². The first-order valence-corrected chi connectivity index (χ1v) is 6.97. The molecule has 0 aromatic heterocycles. The van der Waals surface area contributed by atoms with Gasteiger partial charge in [0.25, 0.3) is 0 Å². The van der Waals surface area contributed by atoms with Gasteiger partial charge in [0.05, 0.1) is 0 Å². The Balaban J connectivity index is 1.93. The van der Waals surface area contributed by atoms with Gasteiger partial charge in [0, 0.05) is 5.92 Å². The Hall–Kier alpha value is -2.13. The van der Waals surface area contributed by atoms with Crippen molar-refractivity contribution in [2.24, 2.45) is 11.8 Å². The van der Waals surface area contributed by atoms with E-state index in [0.29, 0.717) is 0 Å². The van der Waals surface area contributed by atoms with Gasteiger partial charge in [-0.3, -0.25) is 10.2 Å². The summed E-state index contributed by atoms with van der Waals surface area (Å²) >= 11 is 0. The zero-order valence-electron chi connectivity index (χ0n) is 11.3. The maximum Gasteiger partial charge on any atom is 0.237 e. The monoisotopic (exact) mass is 266 g/mol. The third kappa shape index (κ3) is 2.32. The summed E-state index contributed by atoms with van der Waals surface area (Å²) in [5, 5.41) is 2.54. The van der Waals surface area contributed by atoms with E-state index in [2.05, 4.69) is 54.0 Å². The average molecular weight is 266 g/mol. The average Bonchev–Trinajstić information content (AvgIpc) is 2.54. The van der Waals surface area contributed by atoms with Crippen molar-refractivity contribution in [1.29, 1.82) is 0 Å². The lowest BCUT2D eigenvalue weighted by Gasteiger charge is -2.21. The minimum Gasteiger partial charge on any atom is -0.294 e. The lowest BCUT2D eigenvalue weighted by atomic mass is 9.85. The molecule has 1 unspecified atom stereocenters. The number of nitrogens with one attached hydrogen (secondary N) is 1. The van der Waals surface area contributed by atoms with Crippen LogP contribution in [0, 0.1) is 5.92 Å². The van der Waals surface area contributed by atoms with E-state index in [0.717, 1.165) is 19.3 Å². The van der Waals surface area contributed by atoms with Crippen LogP contribution in [0.3, 0.4) is 0 Å². The zero-order chi connectivity index (χ0) is 13.9. The van der Waals surface area contributed by atoms with Crippen molar-refractivity contribution in [2.75, 3.05) is 0 Å². The van der Waals surface area contributed by atoms with Crippen LogP contribution >= 0.6 is 0 Å². The second kappa shape index (κ2) is 5.47. The highest BCUT2D eigenvalue weighted by Gasteiger charge is 2.21. The first kappa shape index (κ1) is 12.9. The predicted octanol–water partition coefficient (Wildman–Crippen LogP) is 3.01. The molecule has 1 aliphatic rings. The van der Waals surface area contributed by atoms with Gasteiger partial charge in [0.2, 0.25) is 5.91 Å². The molecule has 0 heterocycles. The highest BCUT2D eigenvalue weighted by molar-refractivity contribution is 5.94. The number of carbonyl (C=O) groups is 1. The predicted molar refractivity (Wildman–Crippen MR) is 81.6 cm³/mol. The molecule has 2 aromatic carbocycles. The van der Waals surface area contributed by atoms with E-state index in [9.17, 15) is 4.79 Å². The largest absolute Gasteiger partial charge is 0.294 e. The van der Waals surface area contributed by atoms with Crippen LogP contribution in [0.25, 0.3) is 16.3 Å². The molecule has 20 heavy (non-hydrogen) atoms. The number of benzene rings is 2. The van der Waals surface area contributed by atoms with Crippen molar-refractivity contribution < 1.29 is 4.79 Å². The number of carbonyl (C=O) groups excluding carboxylic acids is 1. The summed E-state index contributed by atoms with van der Waals surface area (Å²) in [5.74, 6) is 5.16. The van der Waals surface area contributed by atoms with Gasteiger partial charge < -0.3 is 0 Å². The molecule has 3 N–H and O–H groups in total. The second-order valence-corrected chi connectivity index (χ2v) is 5.24. The Labute approximate surface area is 118 Å². The number of nitrogens with two attached hydrogens (primary N) is 1. The third-order valence-corrected chi connectivity index (χ3v) is 4.06.